The third kappa shape index (κ3) is 13.1. The van der Waals surface area contributed by atoms with Crippen LogP contribution in [0.2, 0.25) is 25.7 Å². The number of ether oxygens (including phenoxy) is 2. The number of nitrogens with one attached hydrogen (secondary N) is 4. The number of H-pyrrole nitrogens is 1. The largest absolute Gasteiger partial charge is 0.444 e. The summed E-state index contributed by atoms with van der Waals surface area (Å²) in [5.74, 6) is 0.707. The lowest BCUT2D eigenvalue weighted by atomic mass is 9.74. The molecule has 4 aromatic rings. The average Bonchev–Trinajstić information content (AvgIpc) is 4.31. The highest BCUT2D eigenvalue weighted by Gasteiger charge is 2.43. The lowest BCUT2D eigenvalue weighted by molar-refractivity contribution is 0.0262. The minimum Gasteiger partial charge on any atom is -0.444 e. The third-order valence-electron chi connectivity index (χ3n) is 17.7. The molecule has 2 aromatic heterocycles. The standard InChI is InChI=1S/C22H30N6O2S.C20H29ClN4O3SSi.C14H25NO2/c29-31(30,28-11-8-22(9-12-28)7-10-23-14-22)21-25-20(26-27-21)24-19-17-5-1-3-15(17)13-16-4-2-6-18(16)19;1-30(2,3)11-10-28-13-25-19(23-20(24-25)29(21,26)27)22-18-16-8-4-6-14(16)12-15-7-5-9-17(15)18;1-13(2,3)17-12(16)15-10-9-14(11-15)7-5-4-6-8-14/h13,23H,1-12,14H2,(H2,24,25,26,27);12H,4-11,13H2,1-3H3,(H,22,23,24);4-11H2,1-3H3. The number of halogens is 1. The highest BCUT2D eigenvalue weighted by molar-refractivity contribution is 8.13. The number of fused-ring (bicyclic) bond motifs is 4. The summed E-state index contributed by atoms with van der Waals surface area (Å²) < 4.78 is 64.3. The number of carbonyl (C=O) groups excluding carboxylic acids is 1. The van der Waals surface area contributed by atoms with E-state index in [9.17, 15) is 21.6 Å². The first-order valence-electron chi connectivity index (χ1n) is 29.0. The molecule has 8 aliphatic rings. The number of piperidine rings is 1. The van der Waals surface area contributed by atoms with Crippen molar-refractivity contribution < 1.29 is 31.1 Å². The Bertz CT molecular complexity index is 2990. The van der Waals surface area contributed by atoms with Gasteiger partial charge in [0.1, 0.15) is 12.3 Å². The Morgan fingerprint density at radius 2 is 1.29 bits per heavy atom. The minimum absolute atomic E-state index is 0.0558. The predicted octanol–water partition coefficient (Wildman–Crippen LogP) is 10.1. The van der Waals surface area contributed by atoms with Gasteiger partial charge in [-0.2, -0.15) is 14.3 Å². The molecule has 2 spiro atoms. The van der Waals surface area contributed by atoms with Crippen LogP contribution < -0.4 is 16.0 Å². The van der Waals surface area contributed by atoms with Crippen molar-refractivity contribution in [3.05, 3.63) is 56.6 Å². The summed E-state index contributed by atoms with van der Waals surface area (Å²) in [6.45, 7) is 18.3. The second kappa shape index (κ2) is 23.0. The van der Waals surface area contributed by atoms with Gasteiger partial charge in [-0.3, -0.25) is 0 Å². The number of nitrogens with zero attached hydrogens (tertiary/aromatic N) is 7. The quantitative estimate of drug-likeness (QED) is 0.0590. The number of anilines is 4. The molecule has 3 aliphatic heterocycles. The van der Waals surface area contributed by atoms with E-state index in [1.54, 1.807) is 4.31 Å². The number of aromatic amines is 1. The number of hydrogen-bond donors (Lipinski definition) is 4. The van der Waals surface area contributed by atoms with Gasteiger partial charge in [0.15, 0.2) is 0 Å². The molecular formula is C56H84ClN11O7S2Si. The summed E-state index contributed by atoms with van der Waals surface area (Å²) >= 11 is 0. The molecule has 22 heteroatoms. The summed E-state index contributed by atoms with van der Waals surface area (Å²) in [5.41, 5.74) is 13.5. The van der Waals surface area contributed by atoms with Crippen LogP contribution in [0, 0.1) is 10.8 Å². The van der Waals surface area contributed by atoms with Gasteiger partial charge in [-0.1, -0.05) is 51.0 Å². The Morgan fingerprint density at radius 3 is 1.82 bits per heavy atom. The zero-order valence-electron chi connectivity index (χ0n) is 47.1. The molecule has 4 fully saturated rings. The number of sulfonamides is 1. The van der Waals surface area contributed by atoms with Crippen molar-refractivity contribution in [2.45, 2.75) is 204 Å². The van der Waals surface area contributed by atoms with Crippen LogP contribution in [0.3, 0.4) is 0 Å². The van der Waals surface area contributed by atoms with Gasteiger partial charge < -0.3 is 30.3 Å². The van der Waals surface area contributed by atoms with E-state index in [4.69, 9.17) is 20.2 Å². The molecule has 5 heterocycles. The second-order valence-electron chi connectivity index (χ2n) is 25.7. The van der Waals surface area contributed by atoms with Gasteiger partial charge >= 0.3 is 6.09 Å². The molecule has 1 saturated carbocycles. The third-order valence-corrected chi connectivity index (χ3v) is 22.1. The van der Waals surface area contributed by atoms with Crippen molar-refractivity contribution in [3.63, 3.8) is 0 Å². The predicted molar refractivity (Wildman–Crippen MR) is 307 cm³/mol. The highest BCUT2D eigenvalue weighted by Crippen LogP contribution is 2.45. The van der Waals surface area contributed by atoms with Gasteiger partial charge in [-0.25, -0.2) is 31.4 Å². The number of aryl methyl sites for hydroxylation is 4. The minimum atomic E-state index is -4.03. The number of amides is 1. The molecular weight excluding hydrogens is 1070 g/mol. The molecule has 1 amide bonds. The number of likely N-dealkylation sites (tertiary alicyclic amines) is 1. The maximum Gasteiger partial charge on any atom is 0.410 e. The molecule has 2 aromatic carbocycles. The molecule has 0 atom stereocenters. The number of carbonyl (C=O) groups is 1. The Hall–Kier alpha value is -4.12. The Labute approximate surface area is 468 Å². The van der Waals surface area contributed by atoms with Crippen molar-refractivity contribution in [1.82, 2.24) is 44.5 Å². The second-order valence-corrected chi connectivity index (χ2v) is 35.7. The average molecular weight is 1150 g/mol. The molecule has 0 unspecified atom stereocenters. The van der Waals surface area contributed by atoms with E-state index in [1.807, 2.05) is 25.7 Å². The van der Waals surface area contributed by atoms with Crippen LogP contribution in [0.4, 0.5) is 28.1 Å². The summed E-state index contributed by atoms with van der Waals surface area (Å²) in [5, 5.41) is 20.8. The van der Waals surface area contributed by atoms with E-state index < -0.39 is 32.3 Å². The Morgan fingerprint density at radius 1 is 0.731 bits per heavy atom. The van der Waals surface area contributed by atoms with Crippen molar-refractivity contribution >= 4 is 67.2 Å². The SMILES string of the molecule is CC(C)(C)OC(=O)N1CCC2(CCCCC2)C1.C[Si](C)(C)CCOCn1nc(S(=O)(=O)Cl)nc1Nc1c2c(cc3c1CCC3)CCC2.O=S(=O)(c1nc(Nc2c3c(cc4c2CCC4)CCC3)n[nH]1)N1CCC2(CCNC2)CC1. The van der Waals surface area contributed by atoms with Crippen LogP contribution in [0.25, 0.3) is 0 Å². The topological polar surface area (TPSA) is 219 Å². The van der Waals surface area contributed by atoms with Gasteiger partial charge in [0.05, 0.1) is 0 Å². The monoisotopic (exact) mass is 1150 g/mol. The molecule has 12 rings (SSSR count). The molecule has 78 heavy (non-hydrogen) atoms. The van der Waals surface area contributed by atoms with Crippen molar-refractivity contribution in [1.29, 1.82) is 0 Å². The summed E-state index contributed by atoms with van der Waals surface area (Å²) in [4.78, 5) is 22.5. The lowest BCUT2D eigenvalue weighted by Gasteiger charge is -2.37. The normalized spacial score (nSPS) is 20.4. The van der Waals surface area contributed by atoms with Crippen molar-refractivity contribution in [2.75, 3.05) is 56.5 Å². The molecule has 5 aliphatic carbocycles. The van der Waals surface area contributed by atoms with Gasteiger partial charge in [0, 0.05) is 69.5 Å². The van der Waals surface area contributed by atoms with Crippen molar-refractivity contribution in [3.8, 4) is 0 Å². The van der Waals surface area contributed by atoms with Gasteiger partial charge in [0.25, 0.3) is 29.4 Å². The smallest absolute Gasteiger partial charge is 0.410 e. The number of aromatic nitrogens is 6. The summed E-state index contributed by atoms with van der Waals surface area (Å²) in [6.07, 6.45) is 23.8. The zero-order chi connectivity index (χ0) is 55.1. The fourth-order valence-corrected chi connectivity index (χ4v) is 16.0. The van der Waals surface area contributed by atoms with E-state index in [0.717, 1.165) is 127 Å². The fourth-order valence-electron chi connectivity index (χ4n) is 13.4. The molecule has 0 radical (unpaired) electrons. The van der Waals surface area contributed by atoms with Crippen LogP contribution in [0.1, 0.15) is 149 Å². The zero-order valence-corrected chi connectivity index (χ0v) is 50.4. The first-order valence-corrected chi connectivity index (χ1v) is 36.5. The Kier molecular flexibility index (Phi) is 16.9. The van der Waals surface area contributed by atoms with Gasteiger partial charge in [0.2, 0.25) is 11.9 Å². The molecule has 428 valence electrons. The molecule has 4 N–H and O–H groups in total. The maximum atomic E-state index is 13.2. The van der Waals surface area contributed by atoms with Crippen LogP contribution in [-0.2, 0) is 86.6 Å². The van der Waals surface area contributed by atoms with E-state index >= 15 is 0 Å². The summed E-state index contributed by atoms with van der Waals surface area (Å²) in [7, 11) is -3.39. The van der Waals surface area contributed by atoms with E-state index in [1.165, 1.54) is 101 Å². The van der Waals surface area contributed by atoms with E-state index in [-0.39, 0.29) is 29.0 Å². The van der Waals surface area contributed by atoms with Crippen LogP contribution in [-0.4, -0.2) is 122 Å². The Balaban J connectivity index is 0.000000138. The lowest BCUT2D eigenvalue weighted by Crippen LogP contribution is -2.44. The number of hydrogen-bond acceptors (Lipinski definition) is 14. The molecule has 0 bridgehead atoms. The van der Waals surface area contributed by atoms with Crippen LogP contribution in [0.15, 0.2) is 22.4 Å². The first-order chi connectivity index (χ1) is 37.1. The van der Waals surface area contributed by atoms with E-state index in [2.05, 4.69) is 73.0 Å². The van der Waals surface area contributed by atoms with Gasteiger partial charge in [-0.05, 0) is 204 Å². The molecule has 3 saturated heterocycles. The number of rotatable bonds is 12. The van der Waals surface area contributed by atoms with Crippen molar-refractivity contribution in [2.24, 2.45) is 10.8 Å². The molecule has 18 nitrogen and oxygen atoms in total. The van der Waals surface area contributed by atoms with Crippen LogP contribution >= 0.6 is 10.7 Å². The van der Waals surface area contributed by atoms with E-state index in [0.29, 0.717) is 37.0 Å². The van der Waals surface area contributed by atoms with Crippen LogP contribution in [0.5, 0.6) is 0 Å². The maximum absolute atomic E-state index is 13.2. The summed E-state index contributed by atoms with van der Waals surface area (Å²) in [6, 6.07) is 5.76. The fraction of sp³-hybridized carbons (Fsp3) is 0.696. The first kappa shape index (κ1) is 57.1. The number of benzene rings is 2. The highest BCUT2D eigenvalue weighted by atomic mass is 35.7. The van der Waals surface area contributed by atoms with Gasteiger partial charge in [-0.15, -0.1) is 10.2 Å².